The van der Waals surface area contributed by atoms with Crippen molar-refractivity contribution in [3.05, 3.63) is 0 Å². The summed E-state index contributed by atoms with van der Waals surface area (Å²) in [5, 5.41) is 0. The fraction of sp³-hybridized carbons (Fsp3) is 1.00. The summed E-state index contributed by atoms with van der Waals surface area (Å²) in [5.74, 6) is 0.275. The van der Waals surface area contributed by atoms with Gasteiger partial charge in [-0.15, -0.1) is 0 Å². The van der Waals surface area contributed by atoms with Crippen molar-refractivity contribution in [2.24, 2.45) is 10.2 Å². The van der Waals surface area contributed by atoms with Crippen molar-refractivity contribution in [3.8, 4) is 0 Å². The lowest BCUT2D eigenvalue weighted by Crippen LogP contribution is -2.55. The highest BCUT2D eigenvalue weighted by atomic mass is 31.0. The standard InChI is InChI=1S/C17H30B2NO2P/c1-5-16(6-2,17(7-3,8-4)20-23)15(21-13-9-11(13)18)22-14-10-12(14)19/h11-15,23H,5-10H2,1-4H3. The van der Waals surface area contributed by atoms with Gasteiger partial charge in [-0.1, -0.05) is 27.7 Å². The van der Waals surface area contributed by atoms with Crippen LogP contribution in [-0.2, 0) is 9.47 Å². The van der Waals surface area contributed by atoms with Crippen LogP contribution in [0.2, 0.25) is 11.6 Å². The van der Waals surface area contributed by atoms with Gasteiger partial charge in [-0.25, -0.2) is 0 Å². The van der Waals surface area contributed by atoms with Gasteiger partial charge in [0.15, 0.2) is 6.29 Å². The molecule has 0 amide bonds. The molecular weight excluding hydrogens is 303 g/mol. The van der Waals surface area contributed by atoms with E-state index in [1.807, 2.05) is 0 Å². The summed E-state index contributed by atoms with van der Waals surface area (Å²) in [5.41, 5.74) is -0.418. The van der Waals surface area contributed by atoms with Crippen LogP contribution in [0.5, 0.6) is 0 Å². The molecule has 4 unspecified atom stereocenters. The quantitative estimate of drug-likeness (QED) is 0.317. The van der Waals surface area contributed by atoms with E-state index < -0.39 is 0 Å². The second-order valence-electron chi connectivity index (χ2n) is 7.19. The fourth-order valence-corrected chi connectivity index (χ4v) is 4.53. The van der Waals surface area contributed by atoms with Crippen LogP contribution in [0.3, 0.4) is 0 Å². The lowest BCUT2D eigenvalue weighted by molar-refractivity contribution is -0.240. The maximum absolute atomic E-state index is 6.35. The molecule has 126 valence electrons. The molecule has 6 heteroatoms. The van der Waals surface area contributed by atoms with Crippen LogP contribution in [0.15, 0.2) is 4.74 Å². The van der Waals surface area contributed by atoms with Crippen molar-refractivity contribution in [2.75, 3.05) is 0 Å². The molecule has 4 atom stereocenters. The third-order valence-electron chi connectivity index (χ3n) is 6.18. The zero-order valence-electron chi connectivity index (χ0n) is 15.0. The molecule has 0 bridgehead atoms. The van der Waals surface area contributed by atoms with E-state index in [4.69, 9.17) is 25.2 Å². The Morgan fingerprint density at radius 2 is 1.35 bits per heavy atom. The zero-order chi connectivity index (χ0) is 17.3. The van der Waals surface area contributed by atoms with Gasteiger partial charge in [0.25, 0.3) is 0 Å². The third kappa shape index (κ3) is 3.58. The minimum Gasteiger partial charge on any atom is -0.349 e. The second kappa shape index (κ2) is 7.58. The molecule has 2 fully saturated rings. The molecule has 2 aliphatic carbocycles. The Bertz CT molecular complexity index is 397. The van der Waals surface area contributed by atoms with Crippen molar-refractivity contribution < 1.29 is 9.47 Å². The van der Waals surface area contributed by atoms with Crippen molar-refractivity contribution in [1.82, 2.24) is 0 Å². The Hall–Kier alpha value is 0.150. The molecule has 0 aromatic heterocycles. The number of rotatable bonds is 11. The molecule has 0 N–H and O–H groups in total. The van der Waals surface area contributed by atoms with Gasteiger partial charge < -0.3 is 9.47 Å². The molecule has 0 spiro atoms. The van der Waals surface area contributed by atoms with E-state index in [-0.39, 0.29) is 41.1 Å². The Kier molecular flexibility index (Phi) is 6.42. The van der Waals surface area contributed by atoms with Gasteiger partial charge in [-0.05, 0) is 59.2 Å². The summed E-state index contributed by atoms with van der Waals surface area (Å²) >= 11 is 0. The van der Waals surface area contributed by atoms with Gasteiger partial charge in [0, 0.05) is 5.41 Å². The molecule has 0 aromatic carbocycles. The van der Waals surface area contributed by atoms with E-state index >= 15 is 0 Å². The minimum absolute atomic E-state index is 0.105. The average molecular weight is 333 g/mol. The zero-order valence-corrected chi connectivity index (χ0v) is 16.0. The fourth-order valence-electron chi connectivity index (χ4n) is 3.99. The van der Waals surface area contributed by atoms with E-state index in [0.717, 1.165) is 38.5 Å². The summed E-state index contributed by atoms with van der Waals surface area (Å²) in [6.07, 6.45) is 5.47. The van der Waals surface area contributed by atoms with Crippen LogP contribution < -0.4 is 0 Å². The summed E-state index contributed by atoms with van der Waals surface area (Å²) in [6, 6.07) is 0. The van der Waals surface area contributed by atoms with Crippen LogP contribution in [0, 0.1) is 5.41 Å². The van der Waals surface area contributed by atoms with Gasteiger partial charge in [0.05, 0.1) is 33.4 Å². The first-order valence-electron chi connectivity index (χ1n) is 9.14. The van der Waals surface area contributed by atoms with E-state index in [1.54, 1.807) is 0 Å². The van der Waals surface area contributed by atoms with Crippen LogP contribution >= 0.6 is 9.03 Å². The molecule has 0 saturated heterocycles. The van der Waals surface area contributed by atoms with Gasteiger partial charge in [0.1, 0.15) is 0 Å². The number of ether oxygens (including phenoxy) is 2. The maximum Gasteiger partial charge on any atom is 0.166 e. The predicted octanol–water partition coefficient (Wildman–Crippen LogP) is 4.50. The first-order chi connectivity index (χ1) is 10.9. The molecule has 0 aliphatic heterocycles. The topological polar surface area (TPSA) is 30.8 Å². The molecular formula is C17H30B2NO2P. The van der Waals surface area contributed by atoms with E-state index in [0.29, 0.717) is 0 Å². The van der Waals surface area contributed by atoms with Crippen LogP contribution in [-0.4, -0.2) is 39.7 Å². The van der Waals surface area contributed by atoms with Crippen LogP contribution in [0.4, 0.5) is 0 Å². The molecule has 23 heavy (non-hydrogen) atoms. The highest BCUT2D eigenvalue weighted by molar-refractivity contribution is 7.04. The Morgan fingerprint density at radius 1 is 0.957 bits per heavy atom. The maximum atomic E-state index is 6.35. The molecule has 2 aliphatic rings. The highest BCUT2D eigenvalue weighted by Gasteiger charge is 2.56. The average Bonchev–Trinajstić information content (AvgIpc) is 3.45. The SMILES string of the molecule is [B]C1CC1OC(OC1CC1[B])C(CC)(CC)C(CC)(CC)N=P. The first-order valence-corrected chi connectivity index (χ1v) is 9.58. The van der Waals surface area contributed by atoms with Gasteiger partial charge in [0.2, 0.25) is 0 Å². The number of hydrogen-bond donors (Lipinski definition) is 0. The Morgan fingerprint density at radius 3 is 1.57 bits per heavy atom. The third-order valence-corrected chi connectivity index (χ3v) is 6.61. The molecule has 0 heterocycles. The lowest BCUT2D eigenvalue weighted by Gasteiger charge is -2.50. The summed E-state index contributed by atoms with van der Waals surface area (Å²) in [4.78, 5) is 0. The van der Waals surface area contributed by atoms with Crippen molar-refractivity contribution in [2.45, 2.75) is 102 Å². The van der Waals surface area contributed by atoms with Gasteiger partial charge in [-0.2, -0.15) is 0 Å². The second-order valence-corrected chi connectivity index (χ2v) is 7.42. The Balaban J connectivity index is 2.32. The van der Waals surface area contributed by atoms with Gasteiger partial charge in [-0.3, -0.25) is 4.74 Å². The van der Waals surface area contributed by atoms with E-state index in [2.05, 4.69) is 41.5 Å². The van der Waals surface area contributed by atoms with Crippen LogP contribution in [0.25, 0.3) is 0 Å². The number of nitrogens with zero attached hydrogens (tertiary/aromatic N) is 1. The highest BCUT2D eigenvalue weighted by Crippen LogP contribution is 2.54. The molecule has 4 radical (unpaired) electrons. The molecule has 3 nitrogen and oxygen atoms in total. The predicted molar refractivity (Wildman–Crippen MR) is 98.8 cm³/mol. The normalized spacial score (nSPS) is 31.7. The summed E-state index contributed by atoms with van der Waals surface area (Å²) in [7, 11) is 15.5. The van der Waals surface area contributed by atoms with Crippen molar-refractivity contribution >= 4 is 24.7 Å². The molecule has 0 aromatic rings. The minimum atomic E-state index is -0.311. The summed E-state index contributed by atoms with van der Waals surface area (Å²) < 4.78 is 17.4. The lowest BCUT2D eigenvalue weighted by atomic mass is 9.63. The Labute approximate surface area is 146 Å². The van der Waals surface area contributed by atoms with Crippen LogP contribution in [0.1, 0.15) is 66.2 Å². The number of hydrogen-bond acceptors (Lipinski definition) is 3. The van der Waals surface area contributed by atoms with E-state index in [9.17, 15) is 0 Å². The monoisotopic (exact) mass is 333 g/mol. The molecule has 2 saturated carbocycles. The summed E-state index contributed by atoms with van der Waals surface area (Å²) in [6.45, 7) is 8.80. The largest absolute Gasteiger partial charge is 0.349 e. The molecule has 2 rings (SSSR count). The van der Waals surface area contributed by atoms with Crippen molar-refractivity contribution in [3.63, 3.8) is 0 Å². The smallest absolute Gasteiger partial charge is 0.166 e. The van der Waals surface area contributed by atoms with Crippen molar-refractivity contribution in [1.29, 1.82) is 0 Å². The van der Waals surface area contributed by atoms with Gasteiger partial charge >= 0.3 is 0 Å². The van der Waals surface area contributed by atoms with E-state index in [1.165, 1.54) is 0 Å². The first kappa shape index (κ1) is 19.5.